The topological polar surface area (TPSA) is 30.5 Å². The van der Waals surface area contributed by atoms with Gasteiger partial charge >= 0.3 is 0 Å². The van der Waals surface area contributed by atoms with Crippen LogP contribution in [0.4, 0.5) is 0 Å². The van der Waals surface area contributed by atoms with Gasteiger partial charge in [-0.3, -0.25) is 0 Å². The van der Waals surface area contributed by atoms with Crippen LogP contribution in [-0.4, -0.2) is 7.11 Å². The normalized spacial score (nSPS) is 10.8. The standard InChI is InChI=1S/C22H19Cl4NO2/c1-28-21-10-15(11-27-12-16-4-2-3-5-17(16)23)9-20(26)22(21)29-13-14-6-7-18(24)19(25)8-14/h2-10,27H,11-13H2,1H3. The number of benzene rings is 3. The number of hydrogen-bond donors (Lipinski definition) is 1. The first-order chi connectivity index (χ1) is 14.0. The molecule has 0 atom stereocenters. The molecule has 0 spiro atoms. The van der Waals surface area contributed by atoms with Gasteiger partial charge in [0, 0.05) is 18.1 Å². The van der Waals surface area contributed by atoms with E-state index in [2.05, 4.69) is 5.32 Å². The summed E-state index contributed by atoms with van der Waals surface area (Å²) in [7, 11) is 1.58. The van der Waals surface area contributed by atoms with Crippen LogP contribution < -0.4 is 14.8 Å². The summed E-state index contributed by atoms with van der Waals surface area (Å²) in [6.07, 6.45) is 0. The third-order valence-corrected chi connectivity index (χ3v) is 5.65. The van der Waals surface area contributed by atoms with Crippen molar-refractivity contribution in [1.82, 2.24) is 5.32 Å². The summed E-state index contributed by atoms with van der Waals surface area (Å²) in [5, 5.41) is 5.55. The molecule has 0 saturated heterocycles. The fourth-order valence-electron chi connectivity index (χ4n) is 2.78. The molecule has 0 unspecified atom stereocenters. The molecule has 0 bridgehead atoms. The first-order valence-corrected chi connectivity index (χ1v) is 10.4. The van der Waals surface area contributed by atoms with Gasteiger partial charge in [0.15, 0.2) is 11.5 Å². The largest absolute Gasteiger partial charge is 0.493 e. The lowest BCUT2D eigenvalue weighted by molar-refractivity contribution is 0.284. The molecule has 7 heteroatoms. The Bertz CT molecular complexity index is 995. The van der Waals surface area contributed by atoms with E-state index in [9.17, 15) is 0 Å². The Morgan fingerprint density at radius 2 is 1.52 bits per heavy atom. The average Bonchev–Trinajstić information content (AvgIpc) is 2.70. The first-order valence-electron chi connectivity index (χ1n) is 8.85. The molecule has 0 heterocycles. The van der Waals surface area contributed by atoms with E-state index in [1.807, 2.05) is 42.5 Å². The molecule has 3 aromatic rings. The second kappa shape index (κ2) is 10.4. The molecular weight excluding hydrogens is 452 g/mol. The predicted molar refractivity (Wildman–Crippen MR) is 121 cm³/mol. The molecule has 0 radical (unpaired) electrons. The summed E-state index contributed by atoms with van der Waals surface area (Å²) in [6, 6.07) is 16.8. The molecule has 0 aliphatic heterocycles. The number of hydrogen-bond acceptors (Lipinski definition) is 3. The molecule has 29 heavy (non-hydrogen) atoms. The van der Waals surface area contributed by atoms with Crippen molar-refractivity contribution >= 4 is 46.4 Å². The Balaban J connectivity index is 1.66. The average molecular weight is 471 g/mol. The van der Waals surface area contributed by atoms with Crippen LogP contribution in [0, 0.1) is 0 Å². The molecule has 3 rings (SSSR count). The lowest BCUT2D eigenvalue weighted by Gasteiger charge is -2.15. The van der Waals surface area contributed by atoms with Crippen LogP contribution in [0.1, 0.15) is 16.7 Å². The van der Waals surface area contributed by atoms with Gasteiger partial charge in [-0.15, -0.1) is 0 Å². The highest BCUT2D eigenvalue weighted by Crippen LogP contribution is 2.37. The van der Waals surface area contributed by atoms with E-state index in [0.717, 1.165) is 21.7 Å². The molecule has 1 N–H and O–H groups in total. The Morgan fingerprint density at radius 3 is 2.24 bits per heavy atom. The second-order valence-electron chi connectivity index (χ2n) is 6.34. The Hall–Kier alpha value is -1.62. The van der Waals surface area contributed by atoms with Crippen molar-refractivity contribution in [3.63, 3.8) is 0 Å². The molecule has 0 amide bonds. The maximum atomic E-state index is 6.46. The van der Waals surface area contributed by atoms with Crippen molar-refractivity contribution < 1.29 is 9.47 Å². The van der Waals surface area contributed by atoms with Crippen LogP contribution in [0.2, 0.25) is 20.1 Å². The van der Waals surface area contributed by atoms with Crippen molar-refractivity contribution in [2.45, 2.75) is 19.7 Å². The van der Waals surface area contributed by atoms with E-state index in [0.29, 0.717) is 39.7 Å². The number of rotatable bonds is 8. The minimum absolute atomic E-state index is 0.289. The number of methoxy groups -OCH3 is 1. The van der Waals surface area contributed by atoms with Gasteiger partial charge < -0.3 is 14.8 Å². The molecule has 3 nitrogen and oxygen atoms in total. The Kier molecular flexibility index (Phi) is 7.93. The number of nitrogens with one attached hydrogen (secondary N) is 1. The van der Waals surface area contributed by atoms with Gasteiger partial charge in [-0.05, 0) is 47.0 Å². The van der Waals surface area contributed by atoms with E-state index < -0.39 is 0 Å². The zero-order valence-corrected chi connectivity index (χ0v) is 18.7. The fourth-order valence-corrected chi connectivity index (χ4v) is 3.59. The van der Waals surface area contributed by atoms with Crippen LogP contribution in [0.3, 0.4) is 0 Å². The van der Waals surface area contributed by atoms with Crippen molar-refractivity contribution in [3.8, 4) is 11.5 Å². The maximum Gasteiger partial charge on any atom is 0.180 e. The summed E-state index contributed by atoms with van der Waals surface area (Å²) in [6.45, 7) is 1.54. The van der Waals surface area contributed by atoms with Gasteiger partial charge in [0.05, 0.1) is 22.2 Å². The summed E-state index contributed by atoms with van der Waals surface area (Å²) in [4.78, 5) is 0. The summed E-state index contributed by atoms with van der Waals surface area (Å²) >= 11 is 24.7. The monoisotopic (exact) mass is 469 g/mol. The smallest absolute Gasteiger partial charge is 0.180 e. The molecular formula is C22H19Cl4NO2. The van der Waals surface area contributed by atoms with Crippen LogP contribution in [0.15, 0.2) is 54.6 Å². The van der Waals surface area contributed by atoms with Crippen molar-refractivity contribution in [1.29, 1.82) is 0 Å². The van der Waals surface area contributed by atoms with E-state index in [1.165, 1.54) is 0 Å². The quantitative estimate of drug-likeness (QED) is 0.378. The molecule has 0 aliphatic carbocycles. The highest BCUT2D eigenvalue weighted by Gasteiger charge is 2.13. The fraction of sp³-hybridized carbons (Fsp3) is 0.182. The van der Waals surface area contributed by atoms with E-state index in [1.54, 1.807) is 19.2 Å². The molecule has 0 saturated carbocycles. The van der Waals surface area contributed by atoms with E-state index >= 15 is 0 Å². The number of ether oxygens (including phenoxy) is 2. The number of halogens is 4. The van der Waals surface area contributed by atoms with E-state index in [4.69, 9.17) is 55.9 Å². The highest BCUT2D eigenvalue weighted by molar-refractivity contribution is 6.42. The molecule has 152 valence electrons. The lowest BCUT2D eigenvalue weighted by Crippen LogP contribution is -2.13. The van der Waals surface area contributed by atoms with Gasteiger partial charge in [0.2, 0.25) is 0 Å². The summed E-state index contributed by atoms with van der Waals surface area (Å²) in [5.41, 5.74) is 2.89. The van der Waals surface area contributed by atoms with Crippen LogP contribution >= 0.6 is 46.4 Å². The minimum Gasteiger partial charge on any atom is -0.493 e. The summed E-state index contributed by atoms with van der Waals surface area (Å²) < 4.78 is 11.4. The van der Waals surface area contributed by atoms with Crippen molar-refractivity contribution in [3.05, 3.63) is 91.4 Å². The maximum absolute atomic E-state index is 6.46. The van der Waals surface area contributed by atoms with Crippen LogP contribution in [0.25, 0.3) is 0 Å². The third kappa shape index (κ3) is 5.94. The van der Waals surface area contributed by atoms with Crippen LogP contribution in [0.5, 0.6) is 11.5 Å². The SMILES string of the molecule is COc1cc(CNCc2ccccc2Cl)cc(Cl)c1OCc1ccc(Cl)c(Cl)c1. The van der Waals surface area contributed by atoms with Gasteiger partial charge in [0.25, 0.3) is 0 Å². The first kappa shape index (κ1) is 22.1. The minimum atomic E-state index is 0.289. The van der Waals surface area contributed by atoms with Crippen molar-refractivity contribution in [2.75, 3.05) is 7.11 Å². The second-order valence-corrected chi connectivity index (χ2v) is 7.97. The Morgan fingerprint density at radius 1 is 0.759 bits per heavy atom. The van der Waals surface area contributed by atoms with Gasteiger partial charge in [-0.1, -0.05) is 70.7 Å². The predicted octanol–water partition coefficient (Wildman–Crippen LogP) is 7.18. The van der Waals surface area contributed by atoms with Gasteiger partial charge in [-0.2, -0.15) is 0 Å². The zero-order chi connectivity index (χ0) is 20.8. The van der Waals surface area contributed by atoms with E-state index in [-0.39, 0.29) is 6.61 Å². The highest BCUT2D eigenvalue weighted by atomic mass is 35.5. The van der Waals surface area contributed by atoms with Gasteiger partial charge in [-0.25, -0.2) is 0 Å². The zero-order valence-electron chi connectivity index (χ0n) is 15.6. The molecule has 3 aromatic carbocycles. The third-order valence-electron chi connectivity index (χ3n) is 4.26. The molecule has 0 aliphatic rings. The Labute approximate surface area is 190 Å². The van der Waals surface area contributed by atoms with Crippen LogP contribution in [-0.2, 0) is 19.7 Å². The van der Waals surface area contributed by atoms with Gasteiger partial charge in [0.1, 0.15) is 6.61 Å². The van der Waals surface area contributed by atoms with Crippen molar-refractivity contribution in [2.24, 2.45) is 0 Å². The molecule has 0 aromatic heterocycles. The molecule has 0 fully saturated rings. The lowest BCUT2D eigenvalue weighted by atomic mass is 10.1. The summed E-state index contributed by atoms with van der Waals surface area (Å²) in [5.74, 6) is 1.04.